The molecule has 0 radical (unpaired) electrons. The van der Waals surface area contributed by atoms with Crippen LogP contribution < -0.4 is 9.64 Å². The van der Waals surface area contributed by atoms with Gasteiger partial charge in [0, 0.05) is 31.3 Å². The quantitative estimate of drug-likeness (QED) is 0.239. The Balaban J connectivity index is 1.92. The lowest BCUT2D eigenvalue weighted by molar-refractivity contribution is -0.384. The summed E-state index contributed by atoms with van der Waals surface area (Å²) in [5, 5.41) is 11.5. The van der Waals surface area contributed by atoms with Gasteiger partial charge in [0.05, 0.1) is 16.7 Å². The standard InChI is InChI=1S/C24H28N4O4S/c1-5-26(6-2)15-16-27(21(29)14-10-18-8-11-19(12-9-18)28(30)31)24-25-22-20(32-4)13-7-17(3)23(22)33-24/h7-14H,5-6,15-16H2,1-4H3/b14-10-. The molecule has 0 bridgehead atoms. The van der Waals surface area contributed by atoms with Crippen LogP contribution in [0.3, 0.4) is 0 Å². The van der Waals surface area contributed by atoms with Crippen LogP contribution in [0.15, 0.2) is 42.5 Å². The number of benzene rings is 2. The van der Waals surface area contributed by atoms with Gasteiger partial charge in [0.25, 0.3) is 11.6 Å². The average Bonchev–Trinajstić information content (AvgIpc) is 3.27. The van der Waals surface area contributed by atoms with E-state index in [-0.39, 0.29) is 11.6 Å². The predicted octanol–water partition coefficient (Wildman–Crippen LogP) is 4.91. The maximum atomic E-state index is 13.2. The number of rotatable bonds is 10. The Labute approximate surface area is 197 Å². The Bertz CT molecular complexity index is 1150. The summed E-state index contributed by atoms with van der Waals surface area (Å²) in [4.78, 5) is 32.3. The highest BCUT2D eigenvalue weighted by molar-refractivity contribution is 7.22. The fourth-order valence-electron chi connectivity index (χ4n) is 3.42. The van der Waals surface area contributed by atoms with Crippen molar-refractivity contribution in [3.63, 3.8) is 0 Å². The largest absolute Gasteiger partial charge is 0.494 e. The van der Waals surface area contributed by atoms with Crippen molar-refractivity contribution in [2.75, 3.05) is 38.2 Å². The van der Waals surface area contributed by atoms with Gasteiger partial charge in [0.1, 0.15) is 11.3 Å². The number of aryl methyl sites for hydroxylation is 1. The Morgan fingerprint density at radius 3 is 2.45 bits per heavy atom. The molecule has 3 rings (SSSR count). The highest BCUT2D eigenvalue weighted by Gasteiger charge is 2.21. The van der Waals surface area contributed by atoms with Crippen LogP contribution in [0.5, 0.6) is 5.75 Å². The Kier molecular flexibility index (Phi) is 8.13. The van der Waals surface area contributed by atoms with Gasteiger partial charge >= 0.3 is 0 Å². The summed E-state index contributed by atoms with van der Waals surface area (Å²) in [6, 6.07) is 9.95. The Morgan fingerprint density at radius 1 is 1.15 bits per heavy atom. The molecule has 1 aromatic heterocycles. The van der Waals surface area contributed by atoms with Crippen LogP contribution in [-0.4, -0.2) is 54.0 Å². The van der Waals surface area contributed by atoms with Crippen LogP contribution in [-0.2, 0) is 4.79 Å². The van der Waals surface area contributed by atoms with Crippen LogP contribution in [0.1, 0.15) is 25.0 Å². The van der Waals surface area contributed by atoms with Gasteiger partial charge < -0.3 is 9.64 Å². The highest BCUT2D eigenvalue weighted by atomic mass is 32.1. The topological polar surface area (TPSA) is 88.8 Å². The molecule has 0 saturated heterocycles. The van der Waals surface area contributed by atoms with Crippen molar-refractivity contribution in [1.29, 1.82) is 0 Å². The van der Waals surface area contributed by atoms with E-state index in [4.69, 9.17) is 9.72 Å². The molecule has 0 unspecified atom stereocenters. The molecular formula is C24H28N4O4S. The number of fused-ring (bicyclic) bond motifs is 1. The van der Waals surface area contributed by atoms with E-state index in [0.717, 1.165) is 35.4 Å². The number of aromatic nitrogens is 1. The van der Waals surface area contributed by atoms with Gasteiger partial charge in [0.2, 0.25) is 0 Å². The van der Waals surface area contributed by atoms with Gasteiger partial charge in [-0.15, -0.1) is 0 Å². The van der Waals surface area contributed by atoms with E-state index in [2.05, 4.69) is 18.7 Å². The number of hydrogen-bond donors (Lipinski definition) is 0. The van der Waals surface area contributed by atoms with E-state index >= 15 is 0 Å². The summed E-state index contributed by atoms with van der Waals surface area (Å²) in [6.45, 7) is 9.20. The smallest absolute Gasteiger partial charge is 0.269 e. The monoisotopic (exact) mass is 468 g/mol. The summed E-state index contributed by atoms with van der Waals surface area (Å²) >= 11 is 1.47. The first kappa shape index (κ1) is 24.3. The molecule has 1 amide bonds. The van der Waals surface area contributed by atoms with E-state index in [0.29, 0.717) is 23.0 Å². The first-order chi connectivity index (χ1) is 15.9. The molecule has 0 fully saturated rings. The Morgan fingerprint density at radius 2 is 1.85 bits per heavy atom. The van der Waals surface area contributed by atoms with Crippen molar-refractivity contribution in [1.82, 2.24) is 9.88 Å². The van der Waals surface area contributed by atoms with E-state index in [1.54, 1.807) is 30.2 Å². The van der Waals surface area contributed by atoms with Crippen molar-refractivity contribution in [2.24, 2.45) is 0 Å². The summed E-state index contributed by atoms with van der Waals surface area (Å²) in [5.41, 5.74) is 2.54. The molecule has 1 heterocycles. The third-order valence-electron chi connectivity index (χ3n) is 5.47. The van der Waals surface area contributed by atoms with E-state index in [9.17, 15) is 14.9 Å². The van der Waals surface area contributed by atoms with Gasteiger partial charge in [-0.1, -0.05) is 31.3 Å². The summed E-state index contributed by atoms with van der Waals surface area (Å²) < 4.78 is 6.46. The molecule has 0 aliphatic carbocycles. The third kappa shape index (κ3) is 5.74. The average molecular weight is 469 g/mol. The molecule has 2 aromatic carbocycles. The summed E-state index contributed by atoms with van der Waals surface area (Å²) in [7, 11) is 1.61. The zero-order valence-corrected chi connectivity index (χ0v) is 20.1. The van der Waals surface area contributed by atoms with Crippen LogP contribution in [0.2, 0.25) is 0 Å². The lowest BCUT2D eigenvalue weighted by atomic mass is 10.2. The first-order valence-corrected chi connectivity index (χ1v) is 11.6. The van der Waals surface area contributed by atoms with Crippen LogP contribution in [0.25, 0.3) is 16.3 Å². The van der Waals surface area contributed by atoms with E-state index < -0.39 is 4.92 Å². The van der Waals surface area contributed by atoms with Crippen molar-refractivity contribution in [2.45, 2.75) is 20.8 Å². The third-order valence-corrected chi connectivity index (χ3v) is 6.68. The van der Waals surface area contributed by atoms with Gasteiger partial charge in [-0.3, -0.25) is 19.8 Å². The van der Waals surface area contributed by atoms with E-state index in [1.807, 2.05) is 19.1 Å². The SMILES string of the molecule is CCN(CC)CCN(C(=O)/C=C\c1ccc([N+](=O)[O-])cc1)c1nc2c(OC)ccc(C)c2s1. The maximum absolute atomic E-state index is 13.2. The minimum atomic E-state index is -0.447. The molecule has 3 aromatic rings. The molecular weight excluding hydrogens is 440 g/mol. The summed E-state index contributed by atoms with van der Waals surface area (Å²) in [6.07, 6.45) is 3.15. The minimum absolute atomic E-state index is 0.0121. The molecule has 0 aliphatic heterocycles. The van der Waals surface area contributed by atoms with E-state index in [1.165, 1.54) is 29.5 Å². The van der Waals surface area contributed by atoms with Crippen molar-refractivity contribution >= 4 is 44.4 Å². The number of thiazole rings is 1. The molecule has 174 valence electrons. The van der Waals surface area contributed by atoms with Crippen LogP contribution in [0, 0.1) is 17.0 Å². The second kappa shape index (κ2) is 11.0. The fraction of sp³-hybridized carbons (Fsp3) is 0.333. The molecule has 0 N–H and O–H groups in total. The first-order valence-electron chi connectivity index (χ1n) is 10.8. The Hall–Kier alpha value is -3.30. The molecule has 0 spiro atoms. The van der Waals surface area contributed by atoms with Gasteiger partial charge in [-0.25, -0.2) is 4.98 Å². The summed E-state index contributed by atoms with van der Waals surface area (Å²) in [5.74, 6) is 0.479. The number of carbonyl (C=O) groups excluding carboxylic acids is 1. The minimum Gasteiger partial charge on any atom is -0.494 e. The van der Waals surface area contributed by atoms with Gasteiger partial charge in [0.15, 0.2) is 5.13 Å². The van der Waals surface area contributed by atoms with Crippen molar-refractivity contribution in [3.8, 4) is 5.75 Å². The number of ether oxygens (including phenoxy) is 1. The number of nitrogens with zero attached hydrogens (tertiary/aromatic N) is 4. The maximum Gasteiger partial charge on any atom is 0.269 e. The van der Waals surface area contributed by atoms with Crippen molar-refractivity contribution < 1.29 is 14.5 Å². The lowest BCUT2D eigenvalue weighted by Gasteiger charge is -2.23. The zero-order chi connectivity index (χ0) is 24.0. The number of nitro benzene ring substituents is 1. The highest BCUT2D eigenvalue weighted by Crippen LogP contribution is 2.36. The zero-order valence-electron chi connectivity index (χ0n) is 19.3. The molecule has 33 heavy (non-hydrogen) atoms. The molecule has 8 nitrogen and oxygen atoms in total. The number of methoxy groups -OCH3 is 1. The number of hydrogen-bond acceptors (Lipinski definition) is 7. The number of amides is 1. The van der Waals surface area contributed by atoms with Crippen LogP contribution >= 0.6 is 11.3 Å². The normalized spacial score (nSPS) is 11.4. The van der Waals surface area contributed by atoms with Gasteiger partial charge in [-0.05, 0) is 55.4 Å². The second-order valence-electron chi connectivity index (χ2n) is 7.46. The fourth-order valence-corrected chi connectivity index (χ4v) is 4.51. The lowest BCUT2D eigenvalue weighted by Crippen LogP contribution is -2.38. The van der Waals surface area contributed by atoms with Crippen LogP contribution in [0.4, 0.5) is 10.8 Å². The molecule has 0 atom stereocenters. The van der Waals surface area contributed by atoms with Gasteiger partial charge in [-0.2, -0.15) is 0 Å². The predicted molar refractivity (Wildman–Crippen MR) is 133 cm³/mol. The molecule has 9 heteroatoms. The number of non-ortho nitro benzene ring substituents is 1. The number of anilines is 1. The number of carbonyl (C=O) groups is 1. The second-order valence-corrected chi connectivity index (χ2v) is 8.44. The molecule has 0 aliphatic rings. The number of likely N-dealkylation sites (N-methyl/N-ethyl adjacent to an activating group) is 1. The van der Waals surface area contributed by atoms with Crippen molar-refractivity contribution in [3.05, 3.63) is 63.7 Å². The number of nitro groups is 1. The molecule has 0 saturated carbocycles.